The molecule has 0 heteroatoms. The fourth-order valence-electron chi connectivity index (χ4n) is 11.7. The summed E-state index contributed by atoms with van der Waals surface area (Å²) in [7, 11) is 0. The Bertz CT molecular complexity index is 3920. The Hall–Kier alpha value is -6.76. The van der Waals surface area contributed by atoms with Crippen LogP contribution >= 0.6 is 0 Å². The predicted octanol–water partition coefficient (Wildman–Crippen LogP) is 16.5. The first-order valence-corrected chi connectivity index (χ1v) is 20.4. The Kier molecular flexibility index (Phi) is 5.32. The van der Waals surface area contributed by atoms with Gasteiger partial charge in [-0.25, -0.2) is 0 Å². The molecule has 57 heavy (non-hydrogen) atoms. The molecule has 0 spiro atoms. The second kappa shape index (κ2) is 9.96. The van der Waals surface area contributed by atoms with Gasteiger partial charge in [-0.05, 0) is 177 Å². The van der Waals surface area contributed by atoms with Crippen LogP contribution in [0, 0.1) is 6.92 Å². The van der Waals surface area contributed by atoms with E-state index in [-0.39, 0.29) is 5.41 Å². The lowest BCUT2D eigenvalue weighted by Gasteiger charge is -2.20. The summed E-state index contributed by atoms with van der Waals surface area (Å²) in [5.74, 6) is 0. The van der Waals surface area contributed by atoms with Gasteiger partial charge in [-0.3, -0.25) is 0 Å². The van der Waals surface area contributed by atoms with E-state index in [1.165, 1.54) is 152 Å². The summed E-state index contributed by atoms with van der Waals surface area (Å²) in [6.07, 6.45) is 0. The zero-order valence-corrected chi connectivity index (χ0v) is 32.4. The molecular formula is C57H36. The van der Waals surface area contributed by atoms with Gasteiger partial charge in [0, 0.05) is 0 Å². The van der Waals surface area contributed by atoms with Crippen molar-refractivity contribution in [1.82, 2.24) is 0 Å². The van der Waals surface area contributed by atoms with Crippen LogP contribution in [0.15, 0.2) is 146 Å². The number of fused-ring (bicyclic) bond motifs is 14. The lowest BCUT2D eigenvalue weighted by Crippen LogP contribution is -2.10. The molecule has 0 saturated heterocycles. The molecule has 13 aromatic rings. The van der Waals surface area contributed by atoms with E-state index in [1.807, 2.05) is 0 Å². The van der Waals surface area contributed by atoms with Gasteiger partial charge in [-0.2, -0.15) is 0 Å². The molecule has 0 unspecified atom stereocenters. The minimum atomic E-state index is 0.0920. The highest BCUT2D eigenvalue weighted by molar-refractivity contribution is 6.52. The Morgan fingerprint density at radius 2 is 0.772 bits per heavy atom. The first-order chi connectivity index (χ1) is 27.9. The number of rotatable bonds is 1. The monoisotopic (exact) mass is 720 g/mol. The highest BCUT2D eigenvalue weighted by atomic mass is 14.3. The smallest absolute Gasteiger partial charge is 0.000695 e. The number of aryl methyl sites for hydroxylation is 1. The van der Waals surface area contributed by atoms with Crippen molar-refractivity contribution in [3.05, 3.63) is 157 Å². The third kappa shape index (κ3) is 3.50. The van der Waals surface area contributed by atoms with Gasteiger partial charge in [0.05, 0.1) is 0 Å². The van der Waals surface area contributed by atoms with Gasteiger partial charge < -0.3 is 0 Å². The van der Waals surface area contributed by atoms with Crippen LogP contribution in [0.4, 0.5) is 0 Å². The molecule has 0 bridgehead atoms. The molecule has 1 aliphatic carbocycles. The summed E-state index contributed by atoms with van der Waals surface area (Å²) < 4.78 is 0. The first-order valence-electron chi connectivity index (χ1n) is 20.4. The van der Waals surface area contributed by atoms with Gasteiger partial charge in [0.15, 0.2) is 0 Å². The largest absolute Gasteiger partial charge is 0.0620 e. The molecule has 0 N–H and O–H groups in total. The van der Waals surface area contributed by atoms with Gasteiger partial charge in [0.25, 0.3) is 0 Å². The van der Waals surface area contributed by atoms with Crippen LogP contribution in [0.3, 0.4) is 0 Å². The fourth-order valence-corrected chi connectivity index (χ4v) is 11.7. The van der Waals surface area contributed by atoms with Crippen molar-refractivity contribution >= 4 is 108 Å². The van der Waals surface area contributed by atoms with E-state index in [0.717, 1.165) is 0 Å². The summed E-state index contributed by atoms with van der Waals surface area (Å²) in [6.45, 7) is 9.23. The summed E-state index contributed by atoms with van der Waals surface area (Å²) in [5.41, 5.74) is 10.9. The minimum absolute atomic E-state index is 0.0920. The molecule has 0 radical (unpaired) electrons. The zero-order chi connectivity index (χ0) is 37.6. The van der Waals surface area contributed by atoms with E-state index < -0.39 is 0 Å². The van der Waals surface area contributed by atoms with Crippen LogP contribution < -0.4 is 0 Å². The fraction of sp³-hybridized carbons (Fsp3) is 0.0877. The molecule has 0 aromatic heterocycles. The molecule has 13 aromatic carbocycles. The molecular weight excluding hydrogens is 685 g/mol. The van der Waals surface area contributed by atoms with E-state index in [1.54, 1.807) is 0 Å². The number of hydrogen-bond donors (Lipinski definition) is 0. The van der Waals surface area contributed by atoms with E-state index >= 15 is 0 Å². The van der Waals surface area contributed by atoms with Gasteiger partial charge in [-0.1, -0.05) is 154 Å². The van der Waals surface area contributed by atoms with Crippen LogP contribution in [0.5, 0.6) is 0 Å². The Morgan fingerprint density at radius 3 is 1.49 bits per heavy atom. The Labute approximate surface area is 329 Å². The van der Waals surface area contributed by atoms with Crippen molar-refractivity contribution in [3.63, 3.8) is 0 Å². The summed E-state index contributed by atoms with van der Waals surface area (Å²) in [4.78, 5) is 0. The number of benzene rings is 11. The maximum Gasteiger partial charge on any atom is -0.000695 e. The molecule has 0 amide bonds. The second-order valence-corrected chi connectivity index (χ2v) is 17.9. The Balaban J connectivity index is 1.21. The Morgan fingerprint density at radius 1 is 0.298 bits per heavy atom. The predicted molar refractivity (Wildman–Crippen MR) is 248 cm³/mol. The van der Waals surface area contributed by atoms with Gasteiger partial charge >= 0.3 is 0 Å². The molecule has 0 heterocycles. The molecule has 0 fully saturated rings. The first kappa shape index (κ1) is 30.5. The molecule has 0 atom stereocenters. The van der Waals surface area contributed by atoms with Crippen molar-refractivity contribution in [1.29, 1.82) is 0 Å². The summed E-state index contributed by atoms with van der Waals surface area (Å²) >= 11 is 0. The average Bonchev–Trinajstić information content (AvgIpc) is 3.87. The highest BCUT2D eigenvalue weighted by Gasteiger charge is 2.30. The summed E-state index contributed by atoms with van der Waals surface area (Å²) in [5, 5.41) is 27.4. The highest BCUT2D eigenvalue weighted by Crippen LogP contribution is 2.58. The molecule has 0 aliphatic heterocycles. The van der Waals surface area contributed by atoms with Crippen molar-refractivity contribution < 1.29 is 0 Å². The second-order valence-electron chi connectivity index (χ2n) is 17.9. The van der Waals surface area contributed by atoms with Crippen LogP contribution in [0.2, 0.25) is 0 Å². The molecule has 14 rings (SSSR count). The van der Waals surface area contributed by atoms with Crippen molar-refractivity contribution in [2.75, 3.05) is 0 Å². The van der Waals surface area contributed by atoms with Gasteiger partial charge in [0.1, 0.15) is 0 Å². The third-order valence-corrected chi connectivity index (χ3v) is 14.1. The lowest BCUT2D eigenvalue weighted by molar-refractivity contribution is 0.590. The lowest BCUT2D eigenvalue weighted by atomic mass is 9.85. The minimum Gasteiger partial charge on any atom is -0.0620 e. The maximum atomic E-state index is 2.49. The van der Waals surface area contributed by atoms with Crippen molar-refractivity contribution in [2.45, 2.75) is 33.1 Å². The van der Waals surface area contributed by atoms with Gasteiger partial charge in [-0.15, -0.1) is 0 Å². The van der Waals surface area contributed by atoms with Crippen LogP contribution in [0.25, 0.3) is 141 Å². The van der Waals surface area contributed by atoms with E-state index in [4.69, 9.17) is 0 Å². The van der Waals surface area contributed by atoms with Crippen LogP contribution in [-0.4, -0.2) is 0 Å². The van der Waals surface area contributed by atoms with Gasteiger partial charge in [0.2, 0.25) is 0 Å². The van der Waals surface area contributed by atoms with Crippen molar-refractivity contribution in [3.8, 4) is 33.4 Å². The maximum absolute atomic E-state index is 2.49. The standard InChI is InChI=1S/C57H36/c1-29-11-5-7-13-32(29)47-46-27-30-12-6-8-14-33(30)48-35-15-9-10-16-36(35)53(56(46)48)55-44-26-24-41-39-21-22-42-45-28-31(57(2,3)4)17-18-34(45)37-19-20-38(50(39)49(37)42)40-23-25-43(54(47)55)52(44)51(40)41/h5-28H,1-4H3. The molecule has 1 aliphatic rings. The molecule has 0 nitrogen and oxygen atoms in total. The quantitative estimate of drug-likeness (QED) is 0.117. The SMILES string of the molecule is Cc1ccccc1-c1c2cc3ccccc3c3c4ccccc4c(c4c5ccc6c7ccc8c9c(ccc(c%10ccc(c14)c5c%106)c97)-c1ccc(C(C)(C)C)cc1-8)c23. The van der Waals surface area contributed by atoms with Crippen LogP contribution in [-0.2, 0) is 5.41 Å². The number of hydrogen-bond acceptors (Lipinski definition) is 0. The summed E-state index contributed by atoms with van der Waals surface area (Å²) in [6, 6.07) is 56.4. The molecule has 264 valence electrons. The topological polar surface area (TPSA) is 0 Å². The molecule has 0 saturated carbocycles. The normalized spacial score (nSPS) is 13.3. The van der Waals surface area contributed by atoms with E-state index in [0.29, 0.717) is 0 Å². The van der Waals surface area contributed by atoms with E-state index in [2.05, 4.69) is 173 Å². The van der Waals surface area contributed by atoms with Crippen molar-refractivity contribution in [2.24, 2.45) is 0 Å². The third-order valence-electron chi connectivity index (χ3n) is 14.1. The average molecular weight is 721 g/mol. The van der Waals surface area contributed by atoms with E-state index in [9.17, 15) is 0 Å². The van der Waals surface area contributed by atoms with Crippen LogP contribution in [0.1, 0.15) is 31.9 Å². The zero-order valence-electron chi connectivity index (χ0n) is 32.4.